The fraction of sp³-hybridized carbons (Fsp3) is 0.340. The molecule has 0 aliphatic carbocycles. The van der Waals surface area contributed by atoms with E-state index in [-0.39, 0.29) is 72.0 Å². The van der Waals surface area contributed by atoms with Crippen LogP contribution in [0.15, 0.2) is 72.2 Å². The van der Waals surface area contributed by atoms with Crippen LogP contribution in [0.2, 0.25) is 0 Å². The third kappa shape index (κ3) is 10.1. The van der Waals surface area contributed by atoms with Gasteiger partial charge in [-0.3, -0.25) is 53.7 Å². The summed E-state index contributed by atoms with van der Waals surface area (Å²) in [4.78, 5) is 104. The van der Waals surface area contributed by atoms with Crippen molar-refractivity contribution in [3.05, 3.63) is 112 Å². The summed E-state index contributed by atoms with van der Waals surface area (Å²) in [6.07, 6.45) is 3.96. The van der Waals surface area contributed by atoms with Crippen molar-refractivity contribution in [1.29, 1.82) is 0 Å². The smallest absolute Gasteiger partial charge is 0.264 e. The third-order valence-electron chi connectivity index (χ3n) is 12.5. The highest BCUT2D eigenvalue weighted by atomic mass is 19.1. The summed E-state index contributed by atoms with van der Waals surface area (Å²) in [5, 5.41) is 19.0. The van der Waals surface area contributed by atoms with Gasteiger partial charge in [0.05, 0.1) is 27.9 Å². The van der Waals surface area contributed by atoms with Crippen molar-refractivity contribution in [3.63, 3.8) is 0 Å². The van der Waals surface area contributed by atoms with E-state index in [9.17, 15) is 38.7 Å². The Morgan fingerprint density at radius 3 is 2.39 bits per heavy atom. The number of piperazine rings is 1. The average molecular weight is 946 g/mol. The highest BCUT2D eigenvalue weighted by Crippen LogP contribution is 2.39. The molecule has 1 aromatic heterocycles. The maximum atomic E-state index is 16.3. The zero-order valence-corrected chi connectivity index (χ0v) is 38.7. The molecule has 17 nitrogen and oxygen atoms in total. The van der Waals surface area contributed by atoms with Crippen LogP contribution in [0.5, 0.6) is 5.75 Å². The fourth-order valence-electron chi connectivity index (χ4n) is 9.25. The molecule has 19 heteroatoms. The van der Waals surface area contributed by atoms with E-state index >= 15 is 8.78 Å². The summed E-state index contributed by atoms with van der Waals surface area (Å²) < 4.78 is 31.5. The number of aromatic nitrogens is 1. The second-order valence-corrected chi connectivity index (χ2v) is 17.1. The second-order valence-electron chi connectivity index (χ2n) is 17.1. The summed E-state index contributed by atoms with van der Waals surface area (Å²) in [6, 6.07) is 11.7. The lowest BCUT2D eigenvalue weighted by atomic mass is 10.0. The van der Waals surface area contributed by atoms with Crippen LogP contribution in [0, 0.1) is 25.5 Å². The number of amidine groups is 1. The van der Waals surface area contributed by atoms with Gasteiger partial charge in [0.2, 0.25) is 30.0 Å². The predicted molar refractivity (Wildman–Crippen MR) is 253 cm³/mol. The first-order valence-corrected chi connectivity index (χ1v) is 22.6. The maximum absolute atomic E-state index is 16.3. The molecule has 0 spiro atoms. The molecule has 2 saturated heterocycles. The number of carbonyl (C=O) groups excluding carboxylic acids is 7. The van der Waals surface area contributed by atoms with Crippen LogP contribution in [0.3, 0.4) is 0 Å². The van der Waals surface area contributed by atoms with Crippen molar-refractivity contribution in [2.75, 3.05) is 43.4 Å². The molecule has 3 aliphatic rings. The first-order chi connectivity index (χ1) is 33.1. The van der Waals surface area contributed by atoms with Gasteiger partial charge in [0.15, 0.2) is 11.6 Å². The Hall–Kier alpha value is -7.83. The quantitative estimate of drug-likeness (QED) is 0.0278. The molecule has 3 aliphatic heterocycles. The lowest BCUT2D eigenvalue weighted by molar-refractivity contribution is -0.136. The molecule has 4 aromatic rings. The largest absolute Gasteiger partial charge is 0.507 e. The molecule has 2 unspecified atom stereocenters. The summed E-state index contributed by atoms with van der Waals surface area (Å²) >= 11 is 0. The summed E-state index contributed by atoms with van der Waals surface area (Å²) in [5.41, 5.74) is 2.24. The SMILES string of the molecule is C=CC(=O)N1CCN(/C(=N/C)c2cc(F)c(-c3c(O)cccc3F)nc2N(C=O)c2c(C)cc(CNC(=O)CCCCCNc3cccc4c3C(=O)N(C3CCC(=O)NC3=O)C4=O)cc2C)C(C)C1. The Bertz CT molecular complexity index is 2750. The standard InChI is InChI=1S/C50H53F2N9O8/c1-6-41(66)58-20-21-59(30(4)26-58)46(53-5)33-24-35(52)44(43-34(51)13-11-15-38(43)63)57-47(33)60(27-62)45-28(2)22-31(23-29(45)3)25-55-39(64)16-8-7-9-19-54-36-14-10-12-32-42(36)50(69)61(49(32)68)37-17-18-40(65)56-48(37)67/h6,10-15,22-24,27,30,37,54,63H,1,7-9,16-21,25-26H2,2-5H3,(H,55,64)(H,56,65,67)/b53-46+. The molecule has 360 valence electrons. The molecule has 69 heavy (non-hydrogen) atoms. The molecule has 2 fully saturated rings. The molecule has 0 radical (unpaired) electrons. The molecule has 0 saturated carbocycles. The van der Waals surface area contributed by atoms with E-state index in [4.69, 9.17) is 0 Å². The van der Waals surface area contributed by atoms with Crippen LogP contribution < -0.4 is 20.9 Å². The van der Waals surface area contributed by atoms with Gasteiger partial charge in [0.1, 0.15) is 29.1 Å². The topological polar surface area (TPSA) is 214 Å². The number of aromatic hydroxyl groups is 1. The minimum Gasteiger partial charge on any atom is -0.507 e. The highest BCUT2D eigenvalue weighted by Gasteiger charge is 2.45. The Morgan fingerprint density at radius 2 is 1.72 bits per heavy atom. The molecular weight excluding hydrogens is 893 g/mol. The van der Waals surface area contributed by atoms with Gasteiger partial charge >= 0.3 is 0 Å². The van der Waals surface area contributed by atoms with Gasteiger partial charge in [-0.1, -0.05) is 37.3 Å². The Kier molecular flexibility index (Phi) is 14.9. The number of hydrogen-bond acceptors (Lipinski definition) is 11. The van der Waals surface area contributed by atoms with E-state index in [1.807, 2.05) is 11.8 Å². The number of benzene rings is 3. The third-order valence-corrected chi connectivity index (χ3v) is 12.5. The minimum atomic E-state index is -1.06. The van der Waals surface area contributed by atoms with E-state index in [0.29, 0.717) is 74.4 Å². The van der Waals surface area contributed by atoms with Crippen LogP contribution in [-0.2, 0) is 30.5 Å². The number of nitrogens with one attached hydrogen (secondary N) is 3. The van der Waals surface area contributed by atoms with Crippen LogP contribution in [0.4, 0.5) is 26.0 Å². The number of unbranched alkanes of at least 4 members (excludes halogenated alkanes) is 2. The van der Waals surface area contributed by atoms with Crippen molar-refractivity contribution in [2.24, 2.45) is 4.99 Å². The first-order valence-electron chi connectivity index (χ1n) is 22.6. The molecule has 4 heterocycles. The van der Waals surface area contributed by atoms with Crippen molar-refractivity contribution in [2.45, 2.75) is 77.9 Å². The predicted octanol–water partition coefficient (Wildman–Crippen LogP) is 5.43. The lowest BCUT2D eigenvalue weighted by Crippen LogP contribution is -2.55. The van der Waals surface area contributed by atoms with E-state index in [1.165, 1.54) is 36.2 Å². The van der Waals surface area contributed by atoms with E-state index in [1.54, 1.807) is 43.0 Å². The first kappa shape index (κ1) is 49.1. The number of fused-ring (bicyclic) bond motifs is 1. The van der Waals surface area contributed by atoms with E-state index < -0.39 is 58.3 Å². The van der Waals surface area contributed by atoms with Gasteiger partial charge in [-0.05, 0) is 93.1 Å². The number of aryl methyl sites for hydroxylation is 2. The summed E-state index contributed by atoms with van der Waals surface area (Å²) in [7, 11) is 1.51. The Morgan fingerprint density at radius 1 is 0.986 bits per heavy atom. The number of amides is 7. The zero-order chi connectivity index (χ0) is 49.7. The molecule has 7 rings (SSSR count). The minimum absolute atomic E-state index is 0.0240. The number of phenols is 1. The number of pyridine rings is 1. The molecule has 2 atom stereocenters. The number of phenolic OH excluding ortho intramolecular Hbond substituents is 1. The number of halogens is 2. The van der Waals surface area contributed by atoms with Crippen molar-refractivity contribution < 1.29 is 47.4 Å². The summed E-state index contributed by atoms with van der Waals surface area (Å²) in [6.45, 7) is 10.5. The van der Waals surface area contributed by atoms with Gasteiger partial charge in [-0.2, -0.15) is 0 Å². The second kappa shape index (κ2) is 21.0. The highest BCUT2D eigenvalue weighted by molar-refractivity contribution is 6.25. The van der Waals surface area contributed by atoms with Crippen LogP contribution in [0.1, 0.15) is 88.4 Å². The monoisotopic (exact) mass is 945 g/mol. The van der Waals surface area contributed by atoms with E-state index in [2.05, 4.69) is 32.5 Å². The molecule has 4 N–H and O–H groups in total. The number of carbonyl (C=O) groups is 7. The molecule has 3 aromatic carbocycles. The van der Waals surface area contributed by atoms with Crippen molar-refractivity contribution in [1.82, 2.24) is 30.3 Å². The number of imide groups is 2. The number of nitrogens with zero attached hydrogens (tertiary/aromatic N) is 6. The normalized spacial score (nSPS) is 17.1. The average Bonchev–Trinajstić information content (AvgIpc) is 3.57. The van der Waals surface area contributed by atoms with Gasteiger partial charge in [0.25, 0.3) is 11.8 Å². The van der Waals surface area contributed by atoms with Gasteiger partial charge < -0.3 is 25.5 Å². The van der Waals surface area contributed by atoms with Gasteiger partial charge in [0, 0.05) is 64.3 Å². The molecular formula is C50H53F2N9O8. The number of piperidine rings is 1. The molecule has 7 amide bonds. The fourth-order valence-corrected chi connectivity index (χ4v) is 9.25. The molecule has 0 bridgehead atoms. The maximum Gasteiger partial charge on any atom is 0.264 e. The summed E-state index contributed by atoms with van der Waals surface area (Å²) in [5.74, 6) is -5.01. The van der Waals surface area contributed by atoms with Crippen LogP contribution in [-0.4, -0.2) is 118 Å². The van der Waals surface area contributed by atoms with E-state index in [0.717, 1.165) is 22.6 Å². The van der Waals surface area contributed by atoms with Crippen LogP contribution in [0.25, 0.3) is 11.3 Å². The van der Waals surface area contributed by atoms with Crippen molar-refractivity contribution >= 4 is 64.9 Å². The number of hydrogen-bond donors (Lipinski definition) is 4. The number of rotatable bonds is 16. The lowest BCUT2D eigenvalue weighted by Gasteiger charge is -2.41. The number of aliphatic imine (C=N–C) groups is 1. The Balaban J connectivity index is 1.01. The zero-order valence-electron chi connectivity index (χ0n) is 38.7. The number of anilines is 3. The van der Waals surface area contributed by atoms with Crippen LogP contribution >= 0.6 is 0 Å². The van der Waals surface area contributed by atoms with Crippen molar-refractivity contribution in [3.8, 4) is 17.0 Å². The Labute approximate surface area is 397 Å². The van der Waals surface area contributed by atoms with Gasteiger partial charge in [-0.15, -0.1) is 0 Å². The van der Waals surface area contributed by atoms with Gasteiger partial charge in [-0.25, -0.2) is 13.8 Å².